The van der Waals surface area contributed by atoms with Crippen molar-refractivity contribution in [1.29, 1.82) is 0 Å². The monoisotopic (exact) mass is 268 g/mol. The first-order valence-corrected chi connectivity index (χ1v) is 8.00. The summed E-state index contributed by atoms with van der Waals surface area (Å²) < 4.78 is 0. The highest BCUT2D eigenvalue weighted by Gasteiger charge is 2.30. The lowest BCUT2D eigenvalue weighted by Gasteiger charge is -2.41. The normalized spacial score (nSPS) is 14.9. The van der Waals surface area contributed by atoms with Crippen molar-refractivity contribution in [1.82, 2.24) is 4.90 Å². The molecule has 0 aromatic carbocycles. The Morgan fingerprint density at radius 3 is 2.67 bits per heavy atom. The predicted molar refractivity (Wildman–Crippen MR) is 82.3 cm³/mol. The molecule has 0 aliphatic rings. The van der Waals surface area contributed by atoms with Gasteiger partial charge in [-0.1, -0.05) is 32.8 Å². The fourth-order valence-electron chi connectivity index (χ4n) is 2.52. The molecule has 2 N–H and O–H groups in total. The molecule has 18 heavy (non-hydrogen) atoms. The Morgan fingerprint density at radius 1 is 1.39 bits per heavy atom. The van der Waals surface area contributed by atoms with Gasteiger partial charge in [0.1, 0.15) is 0 Å². The van der Waals surface area contributed by atoms with E-state index in [1.54, 1.807) is 0 Å². The summed E-state index contributed by atoms with van der Waals surface area (Å²) >= 11 is 1.85. The summed E-state index contributed by atoms with van der Waals surface area (Å²) in [7, 11) is 2.24. The molecule has 2 nitrogen and oxygen atoms in total. The molecule has 0 amide bonds. The van der Waals surface area contributed by atoms with E-state index in [9.17, 15) is 0 Å². The van der Waals surface area contributed by atoms with Gasteiger partial charge in [-0.3, -0.25) is 4.90 Å². The molecule has 0 spiro atoms. The van der Waals surface area contributed by atoms with Crippen LogP contribution in [0.5, 0.6) is 0 Å². The minimum absolute atomic E-state index is 0.202. The molecular formula is C15H28N2S. The largest absolute Gasteiger partial charge is 0.329 e. The van der Waals surface area contributed by atoms with E-state index >= 15 is 0 Å². The van der Waals surface area contributed by atoms with Gasteiger partial charge in [0.05, 0.1) is 0 Å². The third-order valence-corrected chi connectivity index (χ3v) is 5.05. The number of thiophene rings is 1. The molecule has 1 unspecified atom stereocenters. The van der Waals surface area contributed by atoms with Crippen molar-refractivity contribution in [3.8, 4) is 0 Å². The Kier molecular flexibility index (Phi) is 6.90. The highest BCUT2D eigenvalue weighted by atomic mass is 32.1. The first-order valence-electron chi connectivity index (χ1n) is 7.12. The summed E-state index contributed by atoms with van der Waals surface area (Å²) in [5.74, 6) is 0. The summed E-state index contributed by atoms with van der Waals surface area (Å²) in [6, 6.07) is 4.35. The maximum absolute atomic E-state index is 6.07. The van der Waals surface area contributed by atoms with Gasteiger partial charge in [0.2, 0.25) is 0 Å². The van der Waals surface area contributed by atoms with Crippen LogP contribution in [0.1, 0.15) is 44.4 Å². The van der Waals surface area contributed by atoms with Crippen molar-refractivity contribution >= 4 is 11.3 Å². The molecule has 0 aliphatic heterocycles. The number of hydrogen-bond acceptors (Lipinski definition) is 3. The number of nitrogens with two attached hydrogens (primary N) is 1. The first-order chi connectivity index (χ1) is 8.68. The summed E-state index contributed by atoms with van der Waals surface area (Å²) in [5.41, 5.74) is 6.27. The van der Waals surface area contributed by atoms with E-state index in [4.69, 9.17) is 5.73 Å². The van der Waals surface area contributed by atoms with Crippen molar-refractivity contribution in [3.05, 3.63) is 22.4 Å². The highest BCUT2D eigenvalue weighted by molar-refractivity contribution is 7.09. The van der Waals surface area contributed by atoms with Crippen molar-refractivity contribution in [2.75, 3.05) is 20.1 Å². The van der Waals surface area contributed by atoms with Gasteiger partial charge in [-0.25, -0.2) is 0 Å². The van der Waals surface area contributed by atoms with Crippen LogP contribution in [0, 0.1) is 0 Å². The van der Waals surface area contributed by atoms with Gasteiger partial charge in [0, 0.05) is 23.5 Å². The minimum Gasteiger partial charge on any atom is -0.329 e. The predicted octanol–water partition coefficient (Wildman–Crippen LogP) is 3.52. The topological polar surface area (TPSA) is 29.3 Å². The van der Waals surface area contributed by atoms with Crippen molar-refractivity contribution in [2.24, 2.45) is 5.73 Å². The lowest BCUT2D eigenvalue weighted by Crippen LogP contribution is -2.52. The number of hydrogen-bond donors (Lipinski definition) is 1. The molecule has 1 aromatic rings. The average molecular weight is 268 g/mol. The van der Waals surface area contributed by atoms with Gasteiger partial charge in [-0.05, 0) is 37.8 Å². The fourth-order valence-corrected chi connectivity index (χ4v) is 3.21. The Labute approximate surface area is 116 Å². The van der Waals surface area contributed by atoms with Gasteiger partial charge in [0.25, 0.3) is 0 Å². The zero-order valence-corrected chi connectivity index (χ0v) is 12.9. The molecule has 0 saturated heterocycles. The van der Waals surface area contributed by atoms with Crippen LogP contribution in [0.15, 0.2) is 17.5 Å². The molecule has 0 radical (unpaired) electrons. The second-order valence-electron chi connectivity index (χ2n) is 5.14. The summed E-state index contributed by atoms with van der Waals surface area (Å²) in [6.07, 6.45) is 6.03. The van der Waals surface area contributed by atoms with Gasteiger partial charge in [-0.15, -0.1) is 11.3 Å². The zero-order chi connectivity index (χ0) is 13.4. The van der Waals surface area contributed by atoms with Crippen LogP contribution in [0.2, 0.25) is 0 Å². The van der Waals surface area contributed by atoms with Gasteiger partial charge in [-0.2, -0.15) is 0 Å². The zero-order valence-electron chi connectivity index (χ0n) is 12.1. The number of likely N-dealkylation sites (N-methyl/N-ethyl adjacent to an activating group) is 1. The quantitative estimate of drug-likeness (QED) is 0.742. The second-order valence-corrected chi connectivity index (χ2v) is 6.17. The van der Waals surface area contributed by atoms with E-state index in [1.165, 1.54) is 24.1 Å². The Morgan fingerprint density at radius 2 is 2.17 bits per heavy atom. The van der Waals surface area contributed by atoms with E-state index in [0.29, 0.717) is 0 Å². The van der Waals surface area contributed by atoms with Crippen LogP contribution in [0.4, 0.5) is 0 Å². The van der Waals surface area contributed by atoms with Crippen molar-refractivity contribution < 1.29 is 0 Å². The van der Waals surface area contributed by atoms with Crippen LogP contribution < -0.4 is 5.73 Å². The number of nitrogens with zero attached hydrogens (tertiary/aromatic N) is 1. The van der Waals surface area contributed by atoms with E-state index in [0.717, 1.165) is 25.9 Å². The van der Waals surface area contributed by atoms with Crippen molar-refractivity contribution in [2.45, 2.75) is 51.5 Å². The van der Waals surface area contributed by atoms with Crippen LogP contribution in [0.3, 0.4) is 0 Å². The maximum Gasteiger partial charge on any atom is 0.0326 e. The molecule has 104 valence electrons. The van der Waals surface area contributed by atoms with Gasteiger partial charge < -0.3 is 5.73 Å². The Balaban J connectivity index is 2.55. The third-order valence-electron chi connectivity index (χ3n) is 4.12. The fraction of sp³-hybridized carbons (Fsp3) is 0.733. The molecule has 3 heteroatoms. The average Bonchev–Trinajstić information content (AvgIpc) is 2.91. The third kappa shape index (κ3) is 4.08. The lowest BCUT2D eigenvalue weighted by atomic mass is 9.88. The van der Waals surface area contributed by atoms with Crippen LogP contribution in [-0.2, 0) is 6.42 Å². The summed E-state index contributed by atoms with van der Waals surface area (Å²) in [5, 5.41) is 2.16. The Hall–Kier alpha value is -0.380. The molecule has 0 aliphatic carbocycles. The smallest absolute Gasteiger partial charge is 0.0326 e. The van der Waals surface area contributed by atoms with Crippen LogP contribution in [-0.4, -0.2) is 30.6 Å². The van der Waals surface area contributed by atoms with Gasteiger partial charge in [0.15, 0.2) is 0 Å². The second kappa shape index (κ2) is 7.93. The molecule has 0 saturated carbocycles. The molecule has 1 rings (SSSR count). The molecule has 0 bridgehead atoms. The van der Waals surface area contributed by atoms with E-state index in [-0.39, 0.29) is 5.54 Å². The molecule has 1 aromatic heterocycles. The number of rotatable bonds is 9. The molecule has 1 atom stereocenters. The van der Waals surface area contributed by atoms with Crippen LogP contribution in [0.25, 0.3) is 0 Å². The van der Waals surface area contributed by atoms with Crippen molar-refractivity contribution in [3.63, 3.8) is 0 Å². The SMILES string of the molecule is CCCCC(CC)(CN)N(C)CCc1cccs1. The van der Waals surface area contributed by atoms with Gasteiger partial charge >= 0.3 is 0 Å². The highest BCUT2D eigenvalue weighted by Crippen LogP contribution is 2.24. The first kappa shape index (κ1) is 15.7. The Bertz CT molecular complexity index is 304. The molecular weight excluding hydrogens is 240 g/mol. The molecule has 1 heterocycles. The molecule has 0 fully saturated rings. The van der Waals surface area contributed by atoms with E-state index in [1.807, 2.05) is 11.3 Å². The lowest BCUT2D eigenvalue weighted by molar-refractivity contribution is 0.109. The maximum atomic E-state index is 6.07. The minimum atomic E-state index is 0.202. The van der Waals surface area contributed by atoms with E-state index < -0.39 is 0 Å². The van der Waals surface area contributed by atoms with E-state index in [2.05, 4.69) is 43.3 Å². The standard InChI is InChI=1S/C15H28N2S/c1-4-6-10-15(5-2,13-16)17(3)11-9-14-8-7-12-18-14/h7-8,12H,4-6,9-11,13,16H2,1-3H3. The summed E-state index contributed by atoms with van der Waals surface area (Å²) in [6.45, 7) is 6.40. The number of unbranched alkanes of at least 4 members (excludes halogenated alkanes) is 1. The summed E-state index contributed by atoms with van der Waals surface area (Å²) in [4.78, 5) is 3.96. The van der Waals surface area contributed by atoms with Crippen LogP contribution >= 0.6 is 11.3 Å².